The van der Waals surface area contributed by atoms with Crippen molar-refractivity contribution in [3.8, 4) is 11.5 Å². The minimum Gasteiger partial charge on any atom is -0.478 e. The molecular formula is C27H27N5O2. The van der Waals surface area contributed by atoms with Crippen LogP contribution >= 0.6 is 0 Å². The molecule has 0 aliphatic carbocycles. The van der Waals surface area contributed by atoms with Crippen molar-refractivity contribution < 1.29 is 9.47 Å². The Morgan fingerprint density at radius 1 is 1.03 bits per heavy atom. The molecule has 7 nitrogen and oxygen atoms in total. The van der Waals surface area contributed by atoms with E-state index >= 15 is 0 Å². The van der Waals surface area contributed by atoms with Crippen LogP contribution in [-0.4, -0.2) is 33.5 Å². The van der Waals surface area contributed by atoms with E-state index < -0.39 is 0 Å². The Morgan fingerprint density at radius 3 is 2.71 bits per heavy atom. The zero-order chi connectivity index (χ0) is 23.5. The average molecular weight is 454 g/mol. The van der Waals surface area contributed by atoms with Crippen LogP contribution in [-0.2, 0) is 11.2 Å². The van der Waals surface area contributed by atoms with Crippen molar-refractivity contribution >= 4 is 28.3 Å². The van der Waals surface area contributed by atoms with Crippen molar-refractivity contribution in [1.82, 2.24) is 15.0 Å². The molecule has 1 N–H and O–H groups in total. The van der Waals surface area contributed by atoms with Crippen LogP contribution in [0.3, 0.4) is 0 Å². The van der Waals surface area contributed by atoms with Crippen LogP contribution in [0.15, 0.2) is 66.0 Å². The second-order valence-corrected chi connectivity index (χ2v) is 8.49. The van der Waals surface area contributed by atoms with E-state index in [-0.39, 0.29) is 6.04 Å². The highest BCUT2D eigenvalue weighted by Gasteiger charge is 2.17. The topological polar surface area (TPSA) is 81.5 Å². The van der Waals surface area contributed by atoms with Crippen LogP contribution in [0.5, 0.6) is 11.5 Å². The molecule has 4 aromatic rings. The zero-order valence-corrected chi connectivity index (χ0v) is 19.6. The van der Waals surface area contributed by atoms with Gasteiger partial charge >= 0.3 is 0 Å². The molecule has 0 bridgehead atoms. The Balaban J connectivity index is 1.36. The summed E-state index contributed by atoms with van der Waals surface area (Å²) < 4.78 is 11.8. The summed E-state index contributed by atoms with van der Waals surface area (Å²) in [5.41, 5.74) is 4.88. The van der Waals surface area contributed by atoms with Gasteiger partial charge in [-0.25, -0.2) is 15.0 Å². The van der Waals surface area contributed by atoms with Crippen LogP contribution in [0.2, 0.25) is 0 Å². The van der Waals surface area contributed by atoms with Gasteiger partial charge < -0.3 is 14.8 Å². The number of nitrogens with one attached hydrogen (secondary N) is 1. The van der Waals surface area contributed by atoms with Crippen molar-refractivity contribution in [3.05, 3.63) is 77.9 Å². The maximum atomic E-state index is 6.00. The Morgan fingerprint density at radius 2 is 1.94 bits per heavy atom. The molecular weight excluding hydrogens is 426 g/mol. The van der Waals surface area contributed by atoms with Crippen LogP contribution in [0.25, 0.3) is 10.9 Å². The highest BCUT2D eigenvalue weighted by Crippen LogP contribution is 2.30. The van der Waals surface area contributed by atoms with E-state index in [1.54, 1.807) is 12.5 Å². The van der Waals surface area contributed by atoms with Crippen molar-refractivity contribution in [2.24, 2.45) is 4.99 Å². The van der Waals surface area contributed by atoms with Gasteiger partial charge in [-0.3, -0.25) is 4.98 Å². The predicted octanol–water partition coefficient (Wildman–Crippen LogP) is 5.93. The molecule has 5 rings (SSSR count). The summed E-state index contributed by atoms with van der Waals surface area (Å²) in [6.45, 7) is 6.78. The second kappa shape index (κ2) is 9.47. The van der Waals surface area contributed by atoms with Crippen molar-refractivity contribution in [2.45, 2.75) is 39.7 Å². The SMILES string of the molecule is CCC1COC(Cc2ccc3ncnc(Nc4ccc(Oc5ccc(C)nc5)c(C)c4)c3c2)=N1. The lowest BCUT2D eigenvalue weighted by Gasteiger charge is -2.13. The van der Waals surface area contributed by atoms with Crippen LogP contribution in [0, 0.1) is 13.8 Å². The number of nitrogens with zero attached hydrogens (tertiary/aromatic N) is 4. The smallest absolute Gasteiger partial charge is 0.188 e. The largest absolute Gasteiger partial charge is 0.478 e. The first kappa shape index (κ1) is 21.8. The molecule has 0 amide bonds. The fourth-order valence-corrected chi connectivity index (χ4v) is 3.88. The molecule has 2 aromatic heterocycles. The molecule has 2 aromatic carbocycles. The molecule has 34 heavy (non-hydrogen) atoms. The van der Waals surface area contributed by atoms with E-state index in [4.69, 9.17) is 9.47 Å². The Bertz CT molecular complexity index is 1350. The molecule has 1 aliphatic rings. The minimum atomic E-state index is 0.272. The summed E-state index contributed by atoms with van der Waals surface area (Å²) >= 11 is 0. The van der Waals surface area contributed by atoms with E-state index in [2.05, 4.69) is 44.3 Å². The molecule has 0 saturated heterocycles. The molecule has 0 radical (unpaired) electrons. The minimum absolute atomic E-state index is 0.272. The van der Waals surface area contributed by atoms with E-state index in [0.717, 1.165) is 57.3 Å². The van der Waals surface area contributed by atoms with Gasteiger partial charge in [0, 0.05) is 23.2 Å². The number of hydrogen-bond acceptors (Lipinski definition) is 7. The lowest BCUT2D eigenvalue weighted by molar-refractivity contribution is 0.309. The van der Waals surface area contributed by atoms with Gasteiger partial charge in [0.2, 0.25) is 0 Å². The highest BCUT2D eigenvalue weighted by atomic mass is 16.5. The number of hydrogen-bond donors (Lipinski definition) is 1. The number of benzene rings is 2. The summed E-state index contributed by atoms with van der Waals surface area (Å²) in [6, 6.07) is 16.3. The maximum absolute atomic E-state index is 6.00. The number of anilines is 2. The van der Waals surface area contributed by atoms with Crippen molar-refractivity contribution in [1.29, 1.82) is 0 Å². The number of fused-ring (bicyclic) bond motifs is 1. The van der Waals surface area contributed by atoms with Gasteiger partial charge in [0.15, 0.2) is 5.90 Å². The fraction of sp³-hybridized carbons (Fsp3) is 0.259. The molecule has 172 valence electrons. The Labute approximate surface area is 198 Å². The number of aliphatic imine (C=N–C) groups is 1. The summed E-state index contributed by atoms with van der Waals surface area (Å²) in [5.74, 6) is 3.05. The number of ether oxygens (including phenoxy) is 2. The number of rotatable bonds is 7. The summed E-state index contributed by atoms with van der Waals surface area (Å²) in [7, 11) is 0. The van der Waals surface area contributed by atoms with Crippen LogP contribution in [0.1, 0.15) is 30.2 Å². The Hall–Kier alpha value is -4.00. The highest BCUT2D eigenvalue weighted by molar-refractivity contribution is 5.92. The average Bonchev–Trinajstić information content (AvgIpc) is 3.30. The van der Waals surface area contributed by atoms with E-state index in [9.17, 15) is 0 Å². The molecule has 1 aliphatic heterocycles. The standard InChI is InChI=1S/C27H27N5O2/c1-4-20-15-33-26(31-20)13-19-6-9-24-23(12-19)27(30-16-29-24)32-21-7-10-25(17(2)11-21)34-22-8-5-18(3)28-14-22/h5-12,14,16,20H,4,13,15H2,1-3H3,(H,29,30,32). The monoisotopic (exact) mass is 453 g/mol. The van der Waals surface area contributed by atoms with Gasteiger partial charge in [-0.2, -0.15) is 0 Å². The second-order valence-electron chi connectivity index (χ2n) is 8.49. The van der Waals surface area contributed by atoms with E-state index in [1.807, 2.05) is 50.2 Å². The molecule has 1 atom stereocenters. The molecule has 0 spiro atoms. The van der Waals surface area contributed by atoms with Crippen LogP contribution < -0.4 is 10.1 Å². The third kappa shape index (κ3) is 4.83. The maximum Gasteiger partial charge on any atom is 0.188 e. The zero-order valence-electron chi connectivity index (χ0n) is 19.6. The third-order valence-electron chi connectivity index (χ3n) is 5.84. The first-order valence-corrected chi connectivity index (χ1v) is 11.5. The van der Waals surface area contributed by atoms with Gasteiger partial charge in [-0.15, -0.1) is 0 Å². The molecule has 1 unspecified atom stereocenters. The van der Waals surface area contributed by atoms with Gasteiger partial charge in [0.05, 0.1) is 17.8 Å². The van der Waals surface area contributed by atoms with Gasteiger partial charge in [0.25, 0.3) is 0 Å². The summed E-state index contributed by atoms with van der Waals surface area (Å²) in [6.07, 6.45) is 4.97. The van der Waals surface area contributed by atoms with Gasteiger partial charge in [0.1, 0.15) is 30.3 Å². The summed E-state index contributed by atoms with van der Waals surface area (Å²) in [4.78, 5) is 17.9. The summed E-state index contributed by atoms with van der Waals surface area (Å²) in [5, 5.41) is 4.40. The molecule has 0 fully saturated rings. The normalized spacial score (nSPS) is 15.1. The van der Waals surface area contributed by atoms with Gasteiger partial charge in [-0.1, -0.05) is 13.0 Å². The lowest BCUT2D eigenvalue weighted by Crippen LogP contribution is -2.05. The first-order valence-electron chi connectivity index (χ1n) is 11.5. The van der Waals surface area contributed by atoms with Gasteiger partial charge in [-0.05, 0) is 73.9 Å². The predicted molar refractivity (Wildman–Crippen MR) is 134 cm³/mol. The van der Waals surface area contributed by atoms with E-state index in [0.29, 0.717) is 18.8 Å². The third-order valence-corrected chi connectivity index (χ3v) is 5.84. The number of aryl methyl sites for hydroxylation is 2. The van der Waals surface area contributed by atoms with Crippen molar-refractivity contribution in [2.75, 3.05) is 11.9 Å². The fourth-order valence-electron chi connectivity index (χ4n) is 3.88. The molecule has 7 heteroatoms. The van der Waals surface area contributed by atoms with Crippen LogP contribution in [0.4, 0.5) is 11.5 Å². The lowest BCUT2D eigenvalue weighted by atomic mass is 10.1. The van der Waals surface area contributed by atoms with Crippen molar-refractivity contribution in [3.63, 3.8) is 0 Å². The quantitative estimate of drug-likeness (QED) is 0.374. The van der Waals surface area contributed by atoms with E-state index in [1.165, 1.54) is 0 Å². The molecule has 0 saturated carbocycles. The number of aromatic nitrogens is 3. The number of pyridine rings is 1. The first-order chi connectivity index (χ1) is 16.6. The Kier molecular flexibility index (Phi) is 6.08. The molecule has 3 heterocycles.